The molecule has 2 atom stereocenters. The lowest BCUT2D eigenvalue weighted by Gasteiger charge is -2.20. The van der Waals surface area contributed by atoms with E-state index in [1.807, 2.05) is 0 Å². The van der Waals surface area contributed by atoms with Crippen LogP contribution in [0, 0.1) is 13.8 Å². The third-order valence-corrected chi connectivity index (χ3v) is 3.59. The van der Waals surface area contributed by atoms with Gasteiger partial charge in [0.25, 0.3) is 0 Å². The maximum atomic E-state index is 6.07. The van der Waals surface area contributed by atoms with Crippen molar-refractivity contribution in [1.29, 1.82) is 0 Å². The first-order valence-electron chi connectivity index (χ1n) is 6.29. The van der Waals surface area contributed by atoms with Crippen LogP contribution >= 0.6 is 0 Å². The molecule has 1 aliphatic carbocycles. The predicted molar refractivity (Wildman–Crippen MR) is 71.7 cm³/mol. The molecule has 0 radical (unpaired) electrons. The molecule has 3 N–H and O–H groups in total. The first-order valence-corrected chi connectivity index (χ1v) is 6.29. The Kier molecular flexibility index (Phi) is 3.57. The molecule has 1 aromatic rings. The van der Waals surface area contributed by atoms with Gasteiger partial charge in [0.1, 0.15) is 5.75 Å². The van der Waals surface area contributed by atoms with E-state index in [0.717, 1.165) is 17.9 Å². The van der Waals surface area contributed by atoms with Gasteiger partial charge in [0.05, 0.1) is 7.11 Å². The molecular weight excluding hydrogens is 212 g/mol. The summed E-state index contributed by atoms with van der Waals surface area (Å²) in [6.07, 6.45) is 3.53. The fourth-order valence-corrected chi connectivity index (χ4v) is 2.74. The molecule has 0 spiro atoms. The van der Waals surface area contributed by atoms with Crippen LogP contribution in [0.25, 0.3) is 0 Å². The highest BCUT2D eigenvalue weighted by Gasteiger charge is 2.23. The summed E-state index contributed by atoms with van der Waals surface area (Å²) in [6, 6.07) is 4.98. The summed E-state index contributed by atoms with van der Waals surface area (Å²) in [6.45, 7) is 4.15. The first-order chi connectivity index (χ1) is 8.11. The third-order valence-electron chi connectivity index (χ3n) is 3.59. The third kappa shape index (κ3) is 2.55. The highest BCUT2D eigenvalue weighted by atomic mass is 16.5. The lowest BCUT2D eigenvalue weighted by molar-refractivity contribution is 0.408. The van der Waals surface area contributed by atoms with Crippen molar-refractivity contribution in [1.82, 2.24) is 0 Å². The number of anilines is 1. The molecule has 3 heteroatoms. The molecule has 3 nitrogen and oxygen atoms in total. The van der Waals surface area contributed by atoms with Gasteiger partial charge in [-0.05, 0) is 56.4 Å². The van der Waals surface area contributed by atoms with Gasteiger partial charge < -0.3 is 15.8 Å². The van der Waals surface area contributed by atoms with Gasteiger partial charge in [0, 0.05) is 17.8 Å². The van der Waals surface area contributed by atoms with Crippen LogP contribution in [0.15, 0.2) is 12.1 Å². The molecule has 1 saturated carbocycles. The Morgan fingerprint density at radius 3 is 2.35 bits per heavy atom. The number of nitrogens with two attached hydrogens (primary N) is 1. The van der Waals surface area contributed by atoms with E-state index in [9.17, 15) is 0 Å². The highest BCUT2D eigenvalue weighted by Crippen LogP contribution is 2.29. The average molecular weight is 234 g/mol. The number of rotatable bonds is 3. The largest absolute Gasteiger partial charge is 0.496 e. The Hall–Kier alpha value is -1.22. The van der Waals surface area contributed by atoms with Gasteiger partial charge in [-0.25, -0.2) is 0 Å². The second kappa shape index (κ2) is 4.96. The molecule has 1 aromatic carbocycles. The van der Waals surface area contributed by atoms with Gasteiger partial charge in [0.15, 0.2) is 0 Å². The fourth-order valence-electron chi connectivity index (χ4n) is 2.74. The summed E-state index contributed by atoms with van der Waals surface area (Å²) < 4.78 is 5.37. The maximum Gasteiger partial charge on any atom is 0.124 e. The number of aryl methyl sites for hydroxylation is 2. The number of benzene rings is 1. The summed E-state index contributed by atoms with van der Waals surface area (Å²) in [4.78, 5) is 0. The molecule has 1 fully saturated rings. The average Bonchev–Trinajstić information content (AvgIpc) is 2.64. The smallest absolute Gasteiger partial charge is 0.124 e. The molecule has 2 unspecified atom stereocenters. The minimum Gasteiger partial charge on any atom is -0.496 e. The predicted octanol–water partition coefficient (Wildman–Crippen LogP) is 2.60. The zero-order valence-corrected chi connectivity index (χ0v) is 10.9. The number of ether oxygens (including phenoxy) is 1. The fraction of sp³-hybridized carbons (Fsp3) is 0.571. The lowest BCUT2D eigenvalue weighted by atomic mass is 10.1. The first kappa shape index (κ1) is 12.2. The van der Waals surface area contributed by atoms with E-state index in [1.54, 1.807) is 7.11 Å². The summed E-state index contributed by atoms with van der Waals surface area (Å²) in [7, 11) is 1.72. The van der Waals surface area contributed by atoms with Crippen LogP contribution < -0.4 is 15.8 Å². The van der Waals surface area contributed by atoms with Crippen molar-refractivity contribution >= 4 is 5.69 Å². The Morgan fingerprint density at radius 1 is 1.24 bits per heavy atom. The number of nitrogens with one attached hydrogen (secondary N) is 1. The van der Waals surface area contributed by atoms with Crippen LogP contribution in [0.2, 0.25) is 0 Å². The molecule has 17 heavy (non-hydrogen) atoms. The van der Waals surface area contributed by atoms with E-state index in [2.05, 4.69) is 31.3 Å². The molecule has 94 valence electrons. The van der Waals surface area contributed by atoms with Crippen molar-refractivity contribution in [2.75, 3.05) is 12.4 Å². The minimum absolute atomic E-state index is 0.290. The van der Waals surface area contributed by atoms with Gasteiger partial charge in [-0.15, -0.1) is 0 Å². The molecule has 0 saturated heterocycles. The van der Waals surface area contributed by atoms with Crippen molar-refractivity contribution < 1.29 is 4.74 Å². The Bertz CT molecular complexity index is 380. The molecule has 0 heterocycles. The van der Waals surface area contributed by atoms with Crippen molar-refractivity contribution in [2.24, 2.45) is 5.73 Å². The van der Waals surface area contributed by atoms with Crippen molar-refractivity contribution in [2.45, 2.75) is 45.2 Å². The highest BCUT2D eigenvalue weighted by molar-refractivity contribution is 5.55. The quantitative estimate of drug-likeness (QED) is 0.845. The molecule has 0 amide bonds. The van der Waals surface area contributed by atoms with Gasteiger partial charge in [-0.1, -0.05) is 0 Å². The van der Waals surface area contributed by atoms with Gasteiger partial charge in [-0.2, -0.15) is 0 Å². The number of hydrogen-bond donors (Lipinski definition) is 2. The van der Waals surface area contributed by atoms with Crippen LogP contribution in [0.1, 0.15) is 30.4 Å². The molecular formula is C14H22N2O. The summed E-state index contributed by atoms with van der Waals surface area (Å²) >= 11 is 0. The molecule has 0 aromatic heterocycles. The van der Waals surface area contributed by atoms with Crippen LogP contribution in [0.4, 0.5) is 5.69 Å². The summed E-state index contributed by atoms with van der Waals surface area (Å²) in [5, 5.41) is 3.54. The summed E-state index contributed by atoms with van der Waals surface area (Å²) in [5.74, 6) is 0.978. The van der Waals surface area contributed by atoms with E-state index in [1.165, 1.54) is 24.0 Å². The minimum atomic E-state index is 0.290. The number of hydrogen-bond acceptors (Lipinski definition) is 3. The topological polar surface area (TPSA) is 47.3 Å². The van der Waals surface area contributed by atoms with Crippen LogP contribution in [0.3, 0.4) is 0 Å². The van der Waals surface area contributed by atoms with Crippen LogP contribution in [0.5, 0.6) is 5.75 Å². The standard InChI is InChI=1S/C14H22N2O/c1-9-7-11(8-10(2)14(9)17-3)16-13-6-4-5-12(13)15/h7-8,12-13,16H,4-6,15H2,1-3H3. The zero-order chi connectivity index (χ0) is 12.4. The lowest BCUT2D eigenvalue weighted by Crippen LogP contribution is -2.35. The molecule has 0 bridgehead atoms. The Balaban J connectivity index is 2.16. The Labute approximate surface area is 103 Å². The van der Waals surface area contributed by atoms with Crippen molar-refractivity contribution in [3.05, 3.63) is 23.3 Å². The maximum absolute atomic E-state index is 6.07. The van der Waals surface area contributed by atoms with Crippen LogP contribution in [-0.2, 0) is 0 Å². The van der Waals surface area contributed by atoms with E-state index < -0.39 is 0 Å². The van der Waals surface area contributed by atoms with Crippen LogP contribution in [-0.4, -0.2) is 19.2 Å². The molecule has 0 aliphatic heterocycles. The number of methoxy groups -OCH3 is 1. The summed E-state index contributed by atoms with van der Waals surface area (Å²) in [5.41, 5.74) is 9.56. The van der Waals surface area contributed by atoms with Crippen molar-refractivity contribution in [3.8, 4) is 5.75 Å². The van der Waals surface area contributed by atoms with E-state index in [-0.39, 0.29) is 6.04 Å². The Morgan fingerprint density at radius 2 is 1.88 bits per heavy atom. The van der Waals surface area contributed by atoms with Gasteiger partial charge in [0.2, 0.25) is 0 Å². The van der Waals surface area contributed by atoms with E-state index in [4.69, 9.17) is 10.5 Å². The zero-order valence-electron chi connectivity index (χ0n) is 10.9. The second-order valence-corrected chi connectivity index (χ2v) is 4.99. The monoisotopic (exact) mass is 234 g/mol. The SMILES string of the molecule is COc1c(C)cc(NC2CCCC2N)cc1C. The van der Waals surface area contributed by atoms with E-state index >= 15 is 0 Å². The van der Waals surface area contributed by atoms with Gasteiger partial charge in [-0.3, -0.25) is 0 Å². The normalized spacial score (nSPS) is 23.8. The van der Waals surface area contributed by atoms with Gasteiger partial charge >= 0.3 is 0 Å². The second-order valence-electron chi connectivity index (χ2n) is 4.99. The molecule has 2 rings (SSSR count). The molecule has 1 aliphatic rings. The van der Waals surface area contributed by atoms with Crippen molar-refractivity contribution in [3.63, 3.8) is 0 Å². The van der Waals surface area contributed by atoms with E-state index in [0.29, 0.717) is 6.04 Å².